The molecule has 3 nitrogen and oxygen atoms in total. The molecule has 4 heteroatoms. The molecule has 1 N–H and O–H groups in total. The van der Waals surface area contributed by atoms with E-state index < -0.39 is 5.41 Å². The molecule has 0 bridgehead atoms. The second-order valence-electron chi connectivity index (χ2n) is 4.11. The van der Waals surface area contributed by atoms with Crippen LogP contribution < -0.4 is 5.32 Å². The van der Waals surface area contributed by atoms with Crippen LogP contribution in [0.15, 0.2) is 22.7 Å². The Hall–Kier alpha value is -1.34. The zero-order valence-electron chi connectivity index (χ0n) is 8.88. The quantitative estimate of drug-likeness (QED) is 0.904. The number of nitrogens with zero attached hydrogens (tertiary/aromatic N) is 1. The van der Waals surface area contributed by atoms with Crippen molar-refractivity contribution < 1.29 is 4.79 Å². The maximum absolute atomic E-state index is 11.8. The Morgan fingerprint density at radius 1 is 1.56 bits per heavy atom. The standard InChI is InChI=1S/C12H11BrN2O/c1-8-2-3-9(13)6-10(8)15-11(16)12(7-14)4-5-12/h2-3,6H,4-5H2,1H3,(H,15,16). The first kappa shape index (κ1) is 11.2. The van der Waals surface area contributed by atoms with Crippen molar-refractivity contribution in [3.8, 4) is 6.07 Å². The van der Waals surface area contributed by atoms with E-state index in [-0.39, 0.29) is 5.91 Å². The van der Waals surface area contributed by atoms with Crippen LogP contribution in [-0.2, 0) is 4.79 Å². The van der Waals surface area contributed by atoms with E-state index in [2.05, 4.69) is 27.3 Å². The van der Waals surface area contributed by atoms with E-state index in [9.17, 15) is 4.79 Å². The van der Waals surface area contributed by atoms with E-state index in [4.69, 9.17) is 5.26 Å². The van der Waals surface area contributed by atoms with Gasteiger partial charge < -0.3 is 5.32 Å². The molecule has 0 atom stereocenters. The predicted octanol–water partition coefficient (Wildman–Crippen LogP) is 3.00. The van der Waals surface area contributed by atoms with Crippen LogP contribution in [-0.4, -0.2) is 5.91 Å². The molecule has 1 saturated carbocycles. The molecule has 1 aromatic carbocycles. The summed E-state index contributed by atoms with van der Waals surface area (Å²) in [6.07, 6.45) is 1.34. The lowest BCUT2D eigenvalue weighted by Gasteiger charge is -2.10. The maximum atomic E-state index is 11.8. The lowest BCUT2D eigenvalue weighted by Crippen LogP contribution is -2.23. The Kier molecular flexibility index (Phi) is 2.73. The molecule has 1 amide bonds. The summed E-state index contributed by atoms with van der Waals surface area (Å²) in [5.41, 5.74) is 0.987. The first-order valence-corrected chi connectivity index (χ1v) is 5.85. The average Bonchev–Trinajstić information content (AvgIpc) is 3.04. The number of halogens is 1. The average molecular weight is 279 g/mol. The summed E-state index contributed by atoms with van der Waals surface area (Å²) >= 11 is 3.35. The zero-order chi connectivity index (χ0) is 11.8. The van der Waals surface area contributed by atoms with Crippen LogP contribution >= 0.6 is 15.9 Å². The van der Waals surface area contributed by atoms with Gasteiger partial charge in [-0.25, -0.2) is 0 Å². The van der Waals surface area contributed by atoms with Crippen molar-refractivity contribution in [2.75, 3.05) is 5.32 Å². The number of anilines is 1. The van der Waals surface area contributed by atoms with Gasteiger partial charge in [-0.2, -0.15) is 5.26 Å². The highest BCUT2D eigenvalue weighted by Gasteiger charge is 2.50. The van der Waals surface area contributed by atoms with E-state index >= 15 is 0 Å². The molecule has 1 fully saturated rings. The van der Waals surface area contributed by atoms with Gasteiger partial charge in [-0.3, -0.25) is 4.79 Å². The van der Waals surface area contributed by atoms with Crippen LogP contribution in [0.25, 0.3) is 0 Å². The molecular weight excluding hydrogens is 268 g/mol. The number of hydrogen-bond donors (Lipinski definition) is 1. The first-order chi connectivity index (χ1) is 7.57. The second kappa shape index (κ2) is 3.91. The van der Waals surface area contributed by atoms with Crippen LogP contribution in [0.5, 0.6) is 0 Å². The number of aryl methyl sites for hydroxylation is 1. The molecule has 0 radical (unpaired) electrons. The Balaban J connectivity index is 2.19. The largest absolute Gasteiger partial charge is 0.324 e. The van der Waals surface area contributed by atoms with Gasteiger partial charge >= 0.3 is 0 Å². The van der Waals surface area contributed by atoms with E-state index in [1.54, 1.807) is 0 Å². The summed E-state index contributed by atoms with van der Waals surface area (Å²) in [6.45, 7) is 1.92. The van der Waals surface area contributed by atoms with Crippen molar-refractivity contribution in [3.05, 3.63) is 28.2 Å². The molecule has 0 spiro atoms. The molecule has 0 unspecified atom stereocenters. The number of amides is 1. The molecule has 1 aromatic rings. The third-order valence-corrected chi connectivity index (χ3v) is 3.34. The van der Waals surface area contributed by atoms with Crippen LogP contribution in [0, 0.1) is 23.7 Å². The number of hydrogen-bond acceptors (Lipinski definition) is 2. The molecule has 0 aliphatic heterocycles. The van der Waals surface area contributed by atoms with E-state index in [0.29, 0.717) is 12.8 Å². The zero-order valence-corrected chi connectivity index (χ0v) is 10.5. The summed E-state index contributed by atoms with van der Waals surface area (Å²) in [5, 5.41) is 11.7. The number of rotatable bonds is 2. The Labute approximate surface area is 103 Å². The van der Waals surface area contributed by atoms with Gasteiger partial charge in [0.05, 0.1) is 6.07 Å². The minimum Gasteiger partial charge on any atom is -0.324 e. The summed E-state index contributed by atoms with van der Waals surface area (Å²) in [7, 11) is 0. The third-order valence-electron chi connectivity index (χ3n) is 2.85. The van der Waals surface area contributed by atoms with Gasteiger partial charge in [-0.05, 0) is 37.5 Å². The Morgan fingerprint density at radius 2 is 2.25 bits per heavy atom. The monoisotopic (exact) mass is 278 g/mol. The lowest BCUT2D eigenvalue weighted by molar-refractivity contribution is -0.119. The SMILES string of the molecule is Cc1ccc(Br)cc1NC(=O)C1(C#N)CC1. The molecule has 16 heavy (non-hydrogen) atoms. The van der Waals surface area contributed by atoms with Crippen LogP contribution in [0.3, 0.4) is 0 Å². The third kappa shape index (κ3) is 1.96. The van der Waals surface area contributed by atoms with Crippen molar-refractivity contribution in [3.63, 3.8) is 0 Å². The minimum absolute atomic E-state index is 0.184. The van der Waals surface area contributed by atoms with Gasteiger partial charge in [0.25, 0.3) is 0 Å². The highest BCUT2D eigenvalue weighted by Crippen LogP contribution is 2.45. The topological polar surface area (TPSA) is 52.9 Å². The van der Waals surface area contributed by atoms with E-state index in [0.717, 1.165) is 15.7 Å². The van der Waals surface area contributed by atoms with Crippen molar-refractivity contribution in [2.24, 2.45) is 5.41 Å². The normalized spacial score (nSPS) is 16.3. The summed E-state index contributed by atoms with van der Waals surface area (Å²) in [6, 6.07) is 7.77. The molecule has 0 saturated heterocycles. The van der Waals surface area contributed by atoms with Gasteiger partial charge in [-0.1, -0.05) is 22.0 Å². The fourth-order valence-electron chi connectivity index (χ4n) is 1.49. The van der Waals surface area contributed by atoms with Gasteiger partial charge in [0.1, 0.15) is 5.41 Å². The van der Waals surface area contributed by atoms with Crippen molar-refractivity contribution >= 4 is 27.5 Å². The molecule has 82 valence electrons. The fraction of sp³-hybridized carbons (Fsp3) is 0.333. The fourth-order valence-corrected chi connectivity index (χ4v) is 1.85. The highest BCUT2D eigenvalue weighted by molar-refractivity contribution is 9.10. The second-order valence-corrected chi connectivity index (χ2v) is 5.02. The molecule has 2 rings (SSSR count). The van der Waals surface area contributed by atoms with Crippen molar-refractivity contribution in [1.29, 1.82) is 5.26 Å². The molecule has 1 aliphatic carbocycles. The number of benzene rings is 1. The molecule has 0 heterocycles. The smallest absolute Gasteiger partial charge is 0.244 e. The van der Waals surface area contributed by atoms with Crippen LogP contribution in [0.1, 0.15) is 18.4 Å². The van der Waals surface area contributed by atoms with E-state index in [1.165, 1.54) is 0 Å². The number of carbonyl (C=O) groups is 1. The Bertz CT molecular complexity index is 486. The molecular formula is C12H11BrN2O. The summed E-state index contributed by atoms with van der Waals surface area (Å²) < 4.78 is 0.912. The molecule has 1 aliphatic rings. The van der Waals surface area contributed by atoms with Crippen molar-refractivity contribution in [1.82, 2.24) is 0 Å². The number of nitrogens with one attached hydrogen (secondary N) is 1. The van der Waals surface area contributed by atoms with Gasteiger partial charge in [0.2, 0.25) is 5.91 Å². The van der Waals surface area contributed by atoms with Crippen LogP contribution in [0.2, 0.25) is 0 Å². The van der Waals surface area contributed by atoms with Gasteiger partial charge in [-0.15, -0.1) is 0 Å². The number of carbonyl (C=O) groups excluding carboxylic acids is 1. The minimum atomic E-state index is -0.769. The maximum Gasteiger partial charge on any atom is 0.244 e. The highest BCUT2D eigenvalue weighted by atomic mass is 79.9. The van der Waals surface area contributed by atoms with Crippen LogP contribution in [0.4, 0.5) is 5.69 Å². The first-order valence-electron chi connectivity index (χ1n) is 5.06. The molecule has 0 aromatic heterocycles. The number of nitriles is 1. The van der Waals surface area contributed by atoms with Crippen molar-refractivity contribution in [2.45, 2.75) is 19.8 Å². The van der Waals surface area contributed by atoms with Gasteiger partial charge in [0, 0.05) is 10.2 Å². The van der Waals surface area contributed by atoms with E-state index in [1.807, 2.05) is 25.1 Å². The van der Waals surface area contributed by atoms with Gasteiger partial charge in [0.15, 0.2) is 0 Å². The predicted molar refractivity (Wildman–Crippen MR) is 64.8 cm³/mol. The summed E-state index contributed by atoms with van der Waals surface area (Å²) in [4.78, 5) is 11.8. The Morgan fingerprint density at radius 3 is 2.81 bits per heavy atom. The lowest BCUT2D eigenvalue weighted by atomic mass is 10.1. The summed E-state index contributed by atoms with van der Waals surface area (Å²) in [5.74, 6) is -0.184.